The Hall–Kier alpha value is -0.380. The molecular formula is C12H13Cl2NOS. The Morgan fingerprint density at radius 3 is 3.00 bits per heavy atom. The van der Waals surface area contributed by atoms with Crippen LogP contribution in [0, 0.1) is 0 Å². The van der Waals surface area contributed by atoms with Crippen molar-refractivity contribution in [2.75, 3.05) is 12.4 Å². The van der Waals surface area contributed by atoms with Gasteiger partial charge in [0, 0.05) is 16.3 Å². The Labute approximate surface area is 115 Å². The van der Waals surface area contributed by atoms with Crippen LogP contribution in [0.3, 0.4) is 0 Å². The summed E-state index contributed by atoms with van der Waals surface area (Å²) >= 11 is 13.9. The highest BCUT2D eigenvalue weighted by Gasteiger charge is 2.14. The Balaban J connectivity index is 2.44. The standard InChI is InChI=1S/C12H13Cl2NOS/c1-2-16-11-4-3-5-17-10-7-8(13)6-9(14)12(10)15-11/h6-7H,2-5H2,1H3/b15-11+. The van der Waals surface area contributed by atoms with Crippen molar-refractivity contribution in [2.45, 2.75) is 24.7 Å². The summed E-state index contributed by atoms with van der Waals surface area (Å²) in [5.74, 6) is 1.79. The minimum absolute atomic E-state index is 0.583. The van der Waals surface area contributed by atoms with Gasteiger partial charge in [-0.25, -0.2) is 4.99 Å². The maximum atomic E-state index is 6.18. The zero-order valence-corrected chi connectivity index (χ0v) is 11.8. The monoisotopic (exact) mass is 289 g/mol. The SMILES string of the molecule is CCO/C1=N/c2c(Cl)cc(Cl)cc2SCCC1. The molecule has 0 saturated heterocycles. The summed E-state index contributed by atoms with van der Waals surface area (Å²) in [6, 6.07) is 3.63. The number of nitrogens with zero attached hydrogens (tertiary/aromatic N) is 1. The van der Waals surface area contributed by atoms with Crippen molar-refractivity contribution in [3.63, 3.8) is 0 Å². The molecule has 0 spiro atoms. The number of aliphatic imine (C=N–C) groups is 1. The minimum atomic E-state index is 0.583. The fourth-order valence-corrected chi connectivity index (χ4v) is 3.29. The van der Waals surface area contributed by atoms with E-state index in [-0.39, 0.29) is 0 Å². The first-order valence-electron chi connectivity index (χ1n) is 5.53. The van der Waals surface area contributed by atoms with Crippen LogP contribution >= 0.6 is 35.0 Å². The normalized spacial score (nSPS) is 18.6. The van der Waals surface area contributed by atoms with Crippen molar-refractivity contribution in [2.24, 2.45) is 4.99 Å². The summed E-state index contributed by atoms with van der Waals surface area (Å²) in [7, 11) is 0. The number of ether oxygens (including phenoxy) is 1. The van der Waals surface area contributed by atoms with Gasteiger partial charge in [0.2, 0.25) is 0 Å². The van der Waals surface area contributed by atoms with Crippen molar-refractivity contribution in [3.8, 4) is 0 Å². The van der Waals surface area contributed by atoms with Crippen molar-refractivity contribution in [1.82, 2.24) is 0 Å². The third-order valence-corrected chi connectivity index (χ3v) is 3.95. The van der Waals surface area contributed by atoms with E-state index < -0.39 is 0 Å². The molecule has 0 atom stereocenters. The van der Waals surface area contributed by atoms with Crippen LogP contribution in [-0.4, -0.2) is 18.3 Å². The number of halogens is 2. The number of fused-ring (bicyclic) bond motifs is 1. The molecule has 1 aliphatic rings. The lowest BCUT2D eigenvalue weighted by Gasteiger charge is -2.14. The molecule has 0 unspecified atom stereocenters. The molecule has 0 amide bonds. The summed E-state index contributed by atoms with van der Waals surface area (Å²) in [6.07, 6.45) is 1.91. The van der Waals surface area contributed by atoms with Crippen molar-refractivity contribution < 1.29 is 4.74 Å². The molecule has 92 valence electrons. The van der Waals surface area contributed by atoms with E-state index in [4.69, 9.17) is 27.9 Å². The van der Waals surface area contributed by atoms with Gasteiger partial charge in [-0.15, -0.1) is 11.8 Å². The molecule has 0 aliphatic carbocycles. The van der Waals surface area contributed by atoms with Crippen LogP contribution in [0.25, 0.3) is 0 Å². The fourth-order valence-electron chi connectivity index (χ4n) is 1.62. The van der Waals surface area contributed by atoms with Gasteiger partial charge in [-0.2, -0.15) is 0 Å². The zero-order valence-electron chi connectivity index (χ0n) is 9.50. The van der Waals surface area contributed by atoms with E-state index in [9.17, 15) is 0 Å². The number of thioether (sulfide) groups is 1. The lowest BCUT2D eigenvalue weighted by atomic mass is 10.3. The van der Waals surface area contributed by atoms with E-state index in [0.717, 1.165) is 35.1 Å². The van der Waals surface area contributed by atoms with Crippen molar-refractivity contribution in [1.29, 1.82) is 0 Å². The van der Waals surface area contributed by atoms with Crippen LogP contribution in [0.2, 0.25) is 10.0 Å². The number of hydrogen-bond acceptors (Lipinski definition) is 3. The quantitative estimate of drug-likeness (QED) is 0.730. The minimum Gasteiger partial charge on any atom is -0.481 e. The number of benzene rings is 1. The van der Waals surface area contributed by atoms with E-state index in [0.29, 0.717) is 16.7 Å². The molecule has 1 aliphatic heterocycles. The van der Waals surface area contributed by atoms with Crippen molar-refractivity contribution in [3.05, 3.63) is 22.2 Å². The number of rotatable bonds is 1. The molecule has 0 radical (unpaired) electrons. The second-order valence-corrected chi connectivity index (χ2v) is 5.61. The van der Waals surface area contributed by atoms with Gasteiger partial charge >= 0.3 is 0 Å². The molecule has 2 rings (SSSR count). The van der Waals surface area contributed by atoms with Gasteiger partial charge in [0.15, 0.2) is 5.90 Å². The molecule has 0 N–H and O–H groups in total. The van der Waals surface area contributed by atoms with Crippen LogP contribution in [0.15, 0.2) is 22.0 Å². The molecule has 1 aromatic rings. The van der Waals surface area contributed by atoms with Crippen LogP contribution in [0.4, 0.5) is 5.69 Å². The molecule has 1 heterocycles. The highest BCUT2D eigenvalue weighted by atomic mass is 35.5. The summed E-state index contributed by atoms with van der Waals surface area (Å²) in [5.41, 5.74) is 0.782. The van der Waals surface area contributed by atoms with Gasteiger partial charge in [-0.3, -0.25) is 0 Å². The summed E-state index contributed by atoms with van der Waals surface area (Å²) in [4.78, 5) is 5.54. The highest BCUT2D eigenvalue weighted by Crippen LogP contribution is 2.40. The van der Waals surface area contributed by atoms with Crippen molar-refractivity contribution >= 4 is 46.5 Å². The molecule has 0 saturated carbocycles. The molecule has 2 nitrogen and oxygen atoms in total. The lowest BCUT2D eigenvalue weighted by Crippen LogP contribution is -2.06. The maximum absolute atomic E-state index is 6.18. The summed E-state index contributed by atoms with van der Waals surface area (Å²) in [6.45, 7) is 2.59. The largest absolute Gasteiger partial charge is 0.481 e. The van der Waals surface area contributed by atoms with E-state index >= 15 is 0 Å². The van der Waals surface area contributed by atoms with Crippen LogP contribution in [0.1, 0.15) is 19.8 Å². The Morgan fingerprint density at radius 1 is 1.41 bits per heavy atom. The molecule has 0 fully saturated rings. The summed E-state index contributed by atoms with van der Waals surface area (Å²) < 4.78 is 5.51. The first kappa shape index (κ1) is 13.1. The second kappa shape index (κ2) is 5.98. The molecule has 1 aromatic carbocycles. The van der Waals surface area contributed by atoms with Crippen LogP contribution in [0.5, 0.6) is 0 Å². The van der Waals surface area contributed by atoms with Gasteiger partial charge < -0.3 is 4.74 Å². The van der Waals surface area contributed by atoms with Crippen LogP contribution in [-0.2, 0) is 4.74 Å². The third kappa shape index (κ3) is 3.30. The fraction of sp³-hybridized carbons (Fsp3) is 0.417. The maximum Gasteiger partial charge on any atom is 0.188 e. The predicted octanol–water partition coefficient (Wildman–Crippen LogP) is 4.95. The smallest absolute Gasteiger partial charge is 0.188 e. The van der Waals surface area contributed by atoms with E-state index in [1.54, 1.807) is 17.8 Å². The van der Waals surface area contributed by atoms with Gasteiger partial charge in [0.25, 0.3) is 0 Å². The first-order chi connectivity index (χ1) is 8.20. The average Bonchev–Trinajstić information content (AvgIpc) is 2.25. The van der Waals surface area contributed by atoms with Gasteiger partial charge in [-0.1, -0.05) is 23.2 Å². The van der Waals surface area contributed by atoms with Gasteiger partial charge in [0.1, 0.15) is 0 Å². The number of hydrogen-bond donors (Lipinski definition) is 0. The topological polar surface area (TPSA) is 21.6 Å². The molecular weight excluding hydrogens is 277 g/mol. The zero-order chi connectivity index (χ0) is 12.3. The lowest BCUT2D eigenvalue weighted by molar-refractivity contribution is 0.317. The average molecular weight is 290 g/mol. The Morgan fingerprint density at radius 2 is 2.24 bits per heavy atom. The highest BCUT2D eigenvalue weighted by molar-refractivity contribution is 7.99. The second-order valence-electron chi connectivity index (χ2n) is 3.62. The summed E-state index contributed by atoms with van der Waals surface area (Å²) in [5, 5.41) is 1.23. The van der Waals surface area contributed by atoms with Gasteiger partial charge in [0.05, 0.1) is 17.3 Å². The molecule has 0 aromatic heterocycles. The third-order valence-electron chi connectivity index (χ3n) is 2.33. The Bertz CT molecular complexity index is 448. The molecule has 0 bridgehead atoms. The first-order valence-corrected chi connectivity index (χ1v) is 7.27. The van der Waals surface area contributed by atoms with E-state index in [2.05, 4.69) is 4.99 Å². The molecule has 5 heteroatoms. The van der Waals surface area contributed by atoms with E-state index in [1.807, 2.05) is 13.0 Å². The van der Waals surface area contributed by atoms with E-state index in [1.165, 1.54) is 0 Å². The molecule has 17 heavy (non-hydrogen) atoms. The predicted molar refractivity (Wildman–Crippen MR) is 75.1 cm³/mol. The van der Waals surface area contributed by atoms with Crippen LogP contribution < -0.4 is 0 Å². The Kier molecular flexibility index (Phi) is 4.60. The van der Waals surface area contributed by atoms with Gasteiger partial charge in [-0.05, 0) is 31.2 Å².